The topological polar surface area (TPSA) is 75.7 Å². The van der Waals surface area contributed by atoms with Gasteiger partial charge in [0.2, 0.25) is 0 Å². The molecule has 6 nitrogen and oxygen atoms in total. The van der Waals surface area contributed by atoms with E-state index in [1.54, 1.807) is 30.3 Å². The van der Waals surface area contributed by atoms with Crippen LogP contribution in [0.25, 0.3) is 0 Å². The molecule has 0 saturated heterocycles. The second-order valence-electron chi connectivity index (χ2n) is 12.6. The number of benzene rings is 2. The average molecular weight is 561 g/mol. The zero-order chi connectivity index (χ0) is 28.8. The lowest BCUT2D eigenvalue weighted by Gasteiger charge is -2.49. The maximum atomic E-state index is 13.9. The van der Waals surface area contributed by atoms with Crippen LogP contribution in [0.2, 0.25) is 5.02 Å². The number of carbonyl (C=O) groups excluding carboxylic acids is 3. The lowest BCUT2D eigenvalue weighted by Crippen LogP contribution is -2.44. The Morgan fingerprint density at radius 2 is 1.45 bits per heavy atom. The van der Waals surface area contributed by atoms with E-state index in [-0.39, 0.29) is 34.9 Å². The summed E-state index contributed by atoms with van der Waals surface area (Å²) in [6.07, 6.45) is 2.36. The minimum Gasteiger partial charge on any atom is -0.483 e. The molecule has 7 heteroatoms. The molecule has 2 aromatic carbocycles. The molecule has 2 aromatic rings. The van der Waals surface area contributed by atoms with Crippen molar-refractivity contribution in [1.82, 2.24) is 4.90 Å². The maximum Gasteiger partial charge on any atom is 0.262 e. The van der Waals surface area contributed by atoms with Gasteiger partial charge < -0.3 is 15.0 Å². The van der Waals surface area contributed by atoms with E-state index in [9.17, 15) is 14.4 Å². The monoisotopic (exact) mass is 560 g/mol. The molecule has 0 radical (unpaired) electrons. The van der Waals surface area contributed by atoms with Crippen molar-refractivity contribution in [3.8, 4) is 5.75 Å². The van der Waals surface area contributed by atoms with Gasteiger partial charge in [-0.15, -0.1) is 0 Å². The number of nitrogens with one attached hydrogen (secondary N) is 1. The molecule has 40 heavy (non-hydrogen) atoms. The smallest absolute Gasteiger partial charge is 0.262 e. The first-order chi connectivity index (χ1) is 18.9. The normalized spacial score (nSPS) is 20.3. The van der Waals surface area contributed by atoms with Crippen molar-refractivity contribution in [1.29, 1.82) is 0 Å². The Labute approximate surface area is 241 Å². The van der Waals surface area contributed by atoms with Gasteiger partial charge in [0, 0.05) is 53.4 Å². The van der Waals surface area contributed by atoms with Crippen LogP contribution in [0.5, 0.6) is 5.75 Å². The van der Waals surface area contributed by atoms with Gasteiger partial charge in [0.1, 0.15) is 5.75 Å². The van der Waals surface area contributed by atoms with E-state index in [0.717, 1.165) is 29.8 Å². The number of carbonyl (C=O) groups is 3. The quantitative estimate of drug-likeness (QED) is 0.409. The van der Waals surface area contributed by atoms with Crippen molar-refractivity contribution in [2.75, 3.05) is 18.5 Å². The maximum absolute atomic E-state index is 13.9. The van der Waals surface area contributed by atoms with Crippen molar-refractivity contribution >= 4 is 34.8 Å². The molecule has 0 unspecified atom stereocenters. The van der Waals surface area contributed by atoms with Crippen molar-refractivity contribution in [2.45, 2.75) is 66.2 Å². The minimum absolute atomic E-state index is 0.0742. The van der Waals surface area contributed by atoms with E-state index in [1.165, 1.54) is 0 Å². The van der Waals surface area contributed by atoms with Gasteiger partial charge in [-0.25, -0.2) is 0 Å². The Bertz CT molecular complexity index is 1400. The molecule has 5 rings (SSSR count). The van der Waals surface area contributed by atoms with Gasteiger partial charge in [0.15, 0.2) is 18.2 Å². The number of anilines is 1. The third-order valence-corrected chi connectivity index (χ3v) is 8.40. The van der Waals surface area contributed by atoms with E-state index in [4.69, 9.17) is 16.3 Å². The summed E-state index contributed by atoms with van der Waals surface area (Å²) in [5.41, 5.74) is 4.33. The number of ketones is 2. The zero-order valence-electron chi connectivity index (χ0n) is 23.9. The van der Waals surface area contributed by atoms with Crippen molar-refractivity contribution < 1.29 is 19.1 Å². The highest BCUT2D eigenvalue weighted by Gasteiger charge is 2.49. The molecule has 0 spiro atoms. The summed E-state index contributed by atoms with van der Waals surface area (Å²) in [6, 6.07) is 14.5. The summed E-state index contributed by atoms with van der Waals surface area (Å²) >= 11 is 6.20. The minimum atomic E-state index is -0.525. The van der Waals surface area contributed by atoms with Crippen LogP contribution in [0, 0.1) is 10.8 Å². The van der Waals surface area contributed by atoms with E-state index in [2.05, 4.69) is 44.8 Å². The van der Waals surface area contributed by atoms with E-state index >= 15 is 0 Å². The number of amides is 1. The van der Waals surface area contributed by atoms with Crippen LogP contribution >= 0.6 is 11.6 Å². The number of para-hydroxylation sites is 2. The third kappa shape index (κ3) is 5.34. The fraction of sp³-hybridized carbons (Fsp3) is 0.424. The first-order valence-corrected chi connectivity index (χ1v) is 14.3. The number of allylic oxidation sites excluding steroid dienone is 4. The number of nitrogens with zero attached hydrogens (tertiary/aromatic N) is 1. The molecule has 0 aromatic heterocycles. The summed E-state index contributed by atoms with van der Waals surface area (Å²) in [6.45, 7) is 11.1. The van der Waals surface area contributed by atoms with Crippen LogP contribution in [0.4, 0.5) is 5.69 Å². The SMILES string of the molecule is CCN1C2=C(C(=O)CC(C)(C)C2)C(c2ccccc2OCC(=O)Nc2ccccc2Cl)C2=C1CC(C)(C)CC2=O. The molecule has 1 aliphatic heterocycles. The van der Waals surface area contributed by atoms with Gasteiger partial charge >= 0.3 is 0 Å². The van der Waals surface area contributed by atoms with Crippen LogP contribution in [-0.2, 0) is 14.4 Å². The van der Waals surface area contributed by atoms with Crippen LogP contribution in [0.15, 0.2) is 71.1 Å². The van der Waals surface area contributed by atoms with Crippen molar-refractivity contribution in [3.05, 3.63) is 81.7 Å². The largest absolute Gasteiger partial charge is 0.483 e. The van der Waals surface area contributed by atoms with Crippen LogP contribution in [0.1, 0.15) is 71.8 Å². The molecule has 3 aliphatic rings. The van der Waals surface area contributed by atoms with E-state index < -0.39 is 5.92 Å². The summed E-state index contributed by atoms with van der Waals surface area (Å²) in [4.78, 5) is 42.8. The van der Waals surface area contributed by atoms with Gasteiger partial charge in [-0.2, -0.15) is 0 Å². The highest BCUT2D eigenvalue weighted by molar-refractivity contribution is 6.33. The summed E-state index contributed by atoms with van der Waals surface area (Å²) < 4.78 is 6.09. The number of halogens is 1. The molecule has 1 amide bonds. The number of hydrogen-bond donors (Lipinski definition) is 1. The Hall–Kier alpha value is -3.38. The lowest BCUT2D eigenvalue weighted by atomic mass is 9.63. The van der Waals surface area contributed by atoms with Crippen LogP contribution < -0.4 is 10.1 Å². The Kier molecular flexibility index (Phi) is 7.43. The second kappa shape index (κ2) is 10.5. The second-order valence-corrected chi connectivity index (χ2v) is 13.0. The number of rotatable bonds is 6. The Balaban J connectivity index is 1.57. The van der Waals surface area contributed by atoms with Gasteiger partial charge in [-0.1, -0.05) is 69.6 Å². The van der Waals surface area contributed by atoms with Gasteiger partial charge in [0.05, 0.1) is 10.7 Å². The first kappa shape index (κ1) is 28.2. The fourth-order valence-corrected chi connectivity index (χ4v) is 6.67. The molecule has 1 heterocycles. The summed E-state index contributed by atoms with van der Waals surface area (Å²) in [7, 11) is 0. The predicted molar refractivity (Wildman–Crippen MR) is 157 cm³/mol. The molecule has 0 saturated carbocycles. The van der Waals surface area contributed by atoms with E-state index in [1.807, 2.05) is 18.2 Å². The molecular formula is C33H37ClN2O4. The molecule has 0 fully saturated rings. The molecule has 0 bridgehead atoms. The molecular weight excluding hydrogens is 524 g/mol. The number of hydrogen-bond acceptors (Lipinski definition) is 5. The number of Topliss-reactive ketones (excluding diaryl/α,β-unsaturated/α-hetero) is 2. The third-order valence-electron chi connectivity index (χ3n) is 8.07. The highest BCUT2D eigenvalue weighted by Crippen LogP contribution is 2.55. The first-order valence-electron chi connectivity index (χ1n) is 14.0. The summed E-state index contributed by atoms with van der Waals surface area (Å²) in [5.74, 6) is -0.242. The fourth-order valence-electron chi connectivity index (χ4n) is 6.48. The lowest BCUT2D eigenvalue weighted by molar-refractivity contribution is -0.120. The Morgan fingerprint density at radius 3 is 2.02 bits per heavy atom. The zero-order valence-corrected chi connectivity index (χ0v) is 24.7. The van der Waals surface area contributed by atoms with E-state index in [0.29, 0.717) is 47.0 Å². The molecule has 1 N–H and O–H groups in total. The standard InChI is InChI=1S/C33H37ClN2O4/c1-6-36-23-15-32(2,3)17-25(37)30(23)29(31-24(36)16-33(4,5)18-26(31)38)20-11-7-10-14-27(20)40-19-28(39)35-22-13-9-8-12-21(22)34/h7-14,29H,6,15-19H2,1-5H3,(H,35,39). The molecule has 2 aliphatic carbocycles. The Morgan fingerprint density at radius 1 is 0.900 bits per heavy atom. The number of ether oxygens (including phenoxy) is 1. The van der Waals surface area contributed by atoms with Crippen LogP contribution in [0.3, 0.4) is 0 Å². The van der Waals surface area contributed by atoms with Crippen molar-refractivity contribution in [3.63, 3.8) is 0 Å². The predicted octanol–water partition coefficient (Wildman–Crippen LogP) is 7.06. The summed E-state index contributed by atoms with van der Waals surface area (Å²) in [5, 5.41) is 3.23. The molecule has 210 valence electrons. The van der Waals surface area contributed by atoms with Gasteiger partial charge in [0.25, 0.3) is 5.91 Å². The highest BCUT2D eigenvalue weighted by atomic mass is 35.5. The van der Waals surface area contributed by atoms with Crippen molar-refractivity contribution in [2.24, 2.45) is 10.8 Å². The average Bonchev–Trinajstić information content (AvgIpc) is 2.86. The van der Waals surface area contributed by atoms with Gasteiger partial charge in [-0.3, -0.25) is 14.4 Å². The molecule has 0 atom stereocenters. The van der Waals surface area contributed by atoms with Crippen LogP contribution in [-0.4, -0.2) is 35.5 Å². The van der Waals surface area contributed by atoms with Gasteiger partial charge in [-0.05, 0) is 48.8 Å².